The van der Waals surface area contributed by atoms with Crippen LogP contribution in [0.5, 0.6) is 17.4 Å². The van der Waals surface area contributed by atoms with E-state index in [4.69, 9.17) is 30.5 Å². The van der Waals surface area contributed by atoms with E-state index in [1.807, 2.05) is 24.3 Å². The van der Waals surface area contributed by atoms with Gasteiger partial charge >= 0.3 is 5.97 Å². The molecule has 32 heavy (non-hydrogen) atoms. The van der Waals surface area contributed by atoms with Gasteiger partial charge in [0, 0.05) is 17.4 Å². The van der Waals surface area contributed by atoms with E-state index in [2.05, 4.69) is 20.6 Å². The van der Waals surface area contributed by atoms with Crippen LogP contribution in [0.25, 0.3) is 0 Å². The molecule has 0 radical (unpaired) electrons. The number of hydrogen-bond donors (Lipinski definition) is 2. The summed E-state index contributed by atoms with van der Waals surface area (Å²) >= 11 is 6.20. The number of aromatic nitrogens is 2. The molecule has 0 fully saturated rings. The van der Waals surface area contributed by atoms with Crippen molar-refractivity contribution in [3.05, 3.63) is 53.6 Å². The van der Waals surface area contributed by atoms with Crippen LogP contribution in [-0.2, 0) is 9.53 Å². The first-order valence-corrected chi connectivity index (χ1v) is 10.1. The zero-order chi connectivity index (χ0) is 22.9. The first-order chi connectivity index (χ1) is 15.5. The lowest BCUT2D eigenvalue weighted by Gasteiger charge is -2.13. The van der Waals surface area contributed by atoms with E-state index in [9.17, 15) is 4.79 Å². The Hall–Kier alpha value is -3.72. The van der Waals surface area contributed by atoms with E-state index in [0.717, 1.165) is 11.4 Å². The summed E-state index contributed by atoms with van der Waals surface area (Å²) < 4.78 is 20.7. The molecular weight excluding hydrogens is 436 g/mol. The predicted octanol–water partition coefficient (Wildman–Crippen LogP) is 4.58. The lowest BCUT2D eigenvalue weighted by molar-refractivity contribution is -0.145. The van der Waals surface area contributed by atoms with E-state index in [0.29, 0.717) is 22.3 Å². The molecular formula is C22H23ClN4O5. The Morgan fingerprint density at radius 3 is 2.38 bits per heavy atom. The molecule has 0 unspecified atom stereocenters. The number of benzene rings is 2. The number of rotatable bonds is 10. The molecule has 0 saturated carbocycles. The summed E-state index contributed by atoms with van der Waals surface area (Å²) in [6.07, 6.45) is 0. The molecule has 0 aliphatic heterocycles. The van der Waals surface area contributed by atoms with Crippen LogP contribution in [0.15, 0.2) is 48.5 Å². The molecule has 0 saturated heterocycles. The van der Waals surface area contributed by atoms with Crippen molar-refractivity contribution in [2.75, 3.05) is 38.1 Å². The Morgan fingerprint density at radius 1 is 0.969 bits per heavy atom. The third-order valence-corrected chi connectivity index (χ3v) is 4.41. The standard InChI is InChI=1S/C22H23ClN4O5/c1-4-31-21(28)13-32-20-12-19(24-14-5-8-16(29-2)9-6-14)26-22(27-20)25-15-7-10-18(30-3)17(23)11-15/h5-12H,4,13H2,1-3H3,(H2,24,25,26,27). The van der Waals surface area contributed by atoms with Gasteiger partial charge < -0.3 is 29.6 Å². The van der Waals surface area contributed by atoms with Gasteiger partial charge in [0.1, 0.15) is 17.3 Å². The van der Waals surface area contributed by atoms with Crippen molar-refractivity contribution < 1.29 is 23.7 Å². The van der Waals surface area contributed by atoms with Gasteiger partial charge in [0.15, 0.2) is 6.61 Å². The Bertz CT molecular complexity index is 1060. The van der Waals surface area contributed by atoms with Crippen molar-refractivity contribution in [2.24, 2.45) is 0 Å². The molecule has 0 aliphatic carbocycles. The maximum atomic E-state index is 11.7. The van der Waals surface area contributed by atoms with E-state index >= 15 is 0 Å². The summed E-state index contributed by atoms with van der Waals surface area (Å²) in [6, 6.07) is 14.1. The van der Waals surface area contributed by atoms with E-state index < -0.39 is 5.97 Å². The van der Waals surface area contributed by atoms with Gasteiger partial charge in [-0.25, -0.2) is 4.79 Å². The van der Waals surface area contributed by atoms with Crippen molar-refractivity contribution in [1.82, 2.24) is 9.97 Å². The van der Waals surface area contributed by atoms with Crippen LogP contribution in [0.4, 0.5) is 23.1 Å². The molecule has 0 atom stereocenters. The van der Waals surface area contributed by atoms with Crippen LogP contribution in [0.2, 0.25) is 5.02 Å². The van der Waals surface area contributed by atoms with Gasteiger partial charge in [-0.3, -0.25) is 0 Å². The quantitative estimate of drug-likeness (QED) is 0.422. The molecule has 1 aromatic heterocycles. The Labute approximate surface area is 190 Å². The number of carbonyl (C=O) groups is 1. The van der Waals surface area contributed by atoms with E-state index in [1.165, 1.54) is 0 Å². The molecule has 0 bridgehead atoms. The summed E-state index contributed by atoms with van der Waals surface area (Å²) in [5.74, 6) is 1.66. The van der Waals surface area contributed by atoms with Crippen molar-refractivity contribution in [3.8, 4) is 17.4 Å². The Kier molecular flexibility index (Phi) is 7.93. The third kappa shape index (κ3) is 6.39. The number of hydrogen-bond acceptors (Lipinski definition) is 9. The van der Waals surface area contributed by atoms with Crippen LogP contribution in [0.3, 0.4) is 0 Å². The van der Waals surface area contributed by atoms with E-state index in [1.54, 1.807) is 45.4 Å². The molecule has 2 N–H and O–H groups in total. The largest absolute Gasteiger partial charge is 0.497 e. The normalized spacial score (nSPS) is 10.2. The lowest BCUT2D eigenvalue weighted by Crippen LogP contribution is -2.15. The van der Waals surface area contributed by atoms with Crippen molar-refractivity contribution in [1.29, 1.82) is 0 Å². The SMILES string of the molecule is CCOC(=O)COc1cc(Nc2ccc(OC)cc2)nc(Nc2ccc(OC)c(Cl)c2)n1. The zero-order valence-corrected chi connectivity index (χ0v) is 18.6. The molecule has 10 heteroatoms. The molecule has 3 rings (SSSR count). The first kappa shape index (κ1) is 23.0. The number of halogens is 1. The molecule has 0 amide bonds. The minimum absolute atomic E-state index is 0.186. The average molecular weight is 459 g/mol. The van der Waals surface area contributed by atoms with Crippen molar-refractivity contribution in [2.45, 2.75) is 6.92 Å². The highest BCUT2D eigenvalue weighted by molar-refractivity contribution is 6.32. The van der Waals surface area contributed by atoms with Gasteiger partial charge in [0.25, 0.3) is 0 Å². The molecule has 168 valence electrons. The zero-order valence-electron chi connectivity index (χ0n) is 17.8. The summed E-state index contributed by atoms with van der Waals surface area (Å²) in [6.45, 7) is 1.71. The summed E-state index contributed by atoms with van der Waals surface area (Å²) in [7, 11) is 3.14. The molecule has 3 aromatic rings. The van der Waals surface area contributed by atoms with Crippen LogP contribution >= 0.6 is 11.6 Å². The van der Waals surface area contributed by atoms with Crippen LogP contribution in [0, 0.1) is 0 Å². The fourth-order valence-corrected chi connectivity index (χ4v) is 2.91. The second kappa shape index (κ2) is 11.1. The van der Waals surface area contributed by atoms with Gasteiger partial charge in [-0.1, -0.05) is 11.6 Å². The highest BCUT2D eigenvalue weighted by Crippen LogP contribution is 2.29. The molecule has 9 nitrogen and oxygen atoms in total. The van der Waals surface area contributed by atoms with Crippen LogP contribution in [-0.4, -0.2) is 43.4 Å². The summed E-state index contributed by atoms with van der Waals surface area (Å²) in [5.41, 5.74) is 1.42. The molecule has 2 aromatic carbocycles. The first-order valence-electron chi connectivity index (χ1n) is 9.70. The minimum atomic E-state index is -0.493. The fraction of sp³-hybridized carbons (Fsp3) is 0.227. The van der Waals surface area contributed by atoms with Gasteiger partial charge in [-0.2, -0.15) is 9.97 Å². The molecule has 0 aliphatic rings. The minimum Gasteiger partial charge on any atom is -0.497 e. The summed E-state index contributed by atoms with van der Waals surface area (Å²) in [4.78, 5) is 20.4. The molecule has 0 spiro atoms. The van der Waals surface area contributed by atoms with Gasteiger partial charge in [0.05, 0.1) is 25.8 Å². The molecule has 1 heterocycles. The number of ether oxygens (including phenoxy) is 4. The van der Waals surface area contributed by atoms with Crippen molar-refractivity contribution in [3.63, 3.8) is 0 Å². The maximum Gasteiger partial charge on any atom is 0.344 e. The second-order valence-corrected chi connectivity index (χ2v) is 6.74. The number of carbonyl (C=O) groups excluding carboxylic acids is 1. The highest BCUT2D eigenvalue weighted by atomic mass is 35.5. The van der Waals surface area contributed by atoms with Gasteiger partial charge in [0.2, 0.25) is 11.8 Å². The maximum absolute atomic E-state index is 11.7. The van der Waals surface area contributed by atoms with Crippen LogP contribution in [0.1, 0.15) is 6.92 Å². The third-order valence-electron chi connectivity index (χ3n) is 4.12. The summed E-state index contributed by atoms with van der Waals surface area (Å²) in [5, 5.41) is 6.68. The number of anilines is 4. The lowest BCUT2D eigenvalue weighted by atomic mass is 10.3. The smallest absolute Gasteiger partial charge is 0.344 e. The second-order valence-electron chi connectivity index (χ2n) is 6.34. The highest BCUT2D eigenvalue weighted by Gasteiger charge is 2.11. The predicted molar refractivity (Wildman–Crippen MR) is 122 cm³/mol. The number of nitrogens with one attached hydrogen (secondary N) is 2. The van der Waals surface area contributed by atoms with E-state index in [-0.39, 0.29) is 25.0 Å². The van der Waals surface area contributed by atoms with Gasteiger partial charge in [-0.05, 0) is 49.4 Å². The number of nitrogens with zero attached hydrogens (tertiary/aromatic N) is 2. The average Bonchev–Trinajstić information content (AvgIpc) is 2.78. The topological polar surface area (TPSA) is 104 Å². The number of methoxy groups -OCH3 is 2. The van der Waals surface area contributed by atoms with Crippen molar-refractivity contribution >= 4 is 40.7 Å². The Morgan fingerprint density at radius 2 is 1.72 bits per heavy atom. The fourth-order valence-electron chi connectivity index (χ4n) is 2.65. The van der Waals surface area contributed by atoms with Gasteiger partial charge in [-0.15, -0.1) is 0 Å². The number of esters is 1. The Balaban J connectivity index is 1.84. The van der Waals surface area contributed by atoms with Crippen LogP contribution < -0.4 is 24.8 Å². The monoisotopic (exact) mass is 458 g/mol.